The van der Waals surface area contributed by atoms with Crippen LogP contribution in [0.25, 0.3) is 0 Å². The largest absolute Gasteiger partial charge is 0.494 e. The van der Waals surface area contributed by atoms with Crippen molar-refractivity contribution >= 4 is 17.4 Å². The minimum Gasteiger partial charge on any atom is -0.494 e. The van der Waals surface area contributed by atoms with Crippen LogP contribution in [-0.4, -0.2) is 30.3 Å². The first-order chi connectivity index (χ1) is 9.74. The fourth-order valence-electron chi connectivity index (χ4n) is 2.47. The summed E-state index contributed by atoms with van der Waals surface area (Å²) in [7, 11) is 0. The van der Waals surface area contributed by atoms with Gasteiger partial charge in [-0.2, -0.15) is 11.8 Å². The Morgan fingerprint density at radius 3 is 2.75 bits per heavy atom. The van der Waals surface area contributed by atoms with Crippen LogP contribution >= 0.6 is 11.8 Å². The predicted molar refractivity (Wildman–Crippen MR) is 87.3 cm³/mol. The fourth-order valence-corrected chi connectivity index (χ4v) is 3.61. The van der Waals surface area contributed by atoms with Crippen LogP contribution in [0.5, 0.6) is 11.5 Å². The minimum absolute atomic E-state index is 0.504. The van der Waals surface area contributed by atoms with Gasteiger partial charge in [-0.3, -0.25) is 0 Å². The summed E-state index contributed by atoms with van der Waals surface area (Å²) in [5.41, 5.74) is 1.05. The third-order valence-electron chi connectivity index (χ3n) is 3.51. The van der Waals surface area contributed by atoms with Crippen LogP contribution < -0.4 is 14.8 Å². The van der Waals surface area contributed by atoms with Crippen LogP contribution in [0, 0.1) is 0 Å². The van der Waals surface area contributed by atoms with E-state index in [1.807, 2.05) is 37.7 Å². The zero-order valence-electron chi connectivity index (χ0n) is 12.6. The average Bonchev–Trinajstić information content (AvgIpc) is 2.45. The fraction of sp³-hybridized carbons (Fsp3) is 0.625. The van der Waals surface area contributed by atoms with Gasteiger partial charge in [0.2, 0.25) is 0 Å². The summed E-state index contributed by atoms with van der Waals surface area (Å²) < 4.78 is 11.3. The Morgan fingerprint density at radius 2 is 2.05 bits per heavy atom. The molecule has 1 aliphatic heterocycles. The Kier molecular flexibility index (Phi) is 5.89. The number of benzene rings is 1. The summed E-state index contributed by atoms with van der Waals surface area (Å²) in [5.74, 6) is 3.09. The van der Waals surface area contributed by atoms with Crippen molar-refractivity contribution < 1.29 is 9.47 Å². The van der Waals surface area contributed by atoms with E-state index in [0.29, 0.717) is 24.5 Å². The minimum atomic E-state index is 0.504. The molecule has 3 nitrogen and oxygen atoms in total. The summed E-state index contributed by atoms with van der Waals surface area (Å²) in [5, 5.41) is 4.29. The monoisotopic (exact) mass is 295 g/mol. The molecule has 1 aliphatic rings. The lowest BCUT2D eigenvalue weighted by Crippen LogP contribution is -2.32. The smallest absolute Gasteiger partial charge is 0.142 e. The molecule has 112 valence electrons. The van der Waals surface area contributed by atoms with E-state index in [1.54, 1.807) is 0 Å². The second-order valence-electron chi connectivity index (χ2n) is 4.99. The molecule has 0 aliphatic carbocycles. The lowest BCUT2D eigenvalue weighted by Gasteiger charge is -2.30. The van der Waals surface area contributed by atoms with Crippen molar-refractivity contribution in [2.24, 2.45) is 0 Å². The Morgan fingerprint density at radius 1 is 1.25 bits per heavy atom. The van der Waals surface area contributed by atoms with E-state index < -0.39 is 0 Å². The van der Waals surface area contributed by atoms with Gasteiger partial charge in [0.25, 0.3) is 0 Å². The molecular formula is C16H25NO2S. The zero-order valence-corrected chi connectivity index (χ0v) is 13.5. The van der Waals surface area contributed by atoms with Gasteiger partial charge in [-0.05, 0) is 44.6 Å². The summed E-state index contributed by atoms with van der Waals surface area (Å²) in [6.45, 7) is 7.68. The maximum atomic E-state index is 5.72. The zero-order chi connectivity index (χ0) is 14.4. The molecule has 1 heterocycles. The van der Waals surface area contributed by atoms with Crippen LogP contribution in [0.2, 0.25) is 0 Å². The molecule has 0 spiro atoms. The van der Waals surface area contributed by atoms with E-state index in [0.717, 1.165) is 17.2 Å². The van der Waals surface area contributed by atoms with Gasteiger partial charge in [0.1, 0.15) is 11.5 Å². The van der Waals surface area contributed by atoms with Crippen molar-refractivity contribution in [2.45, 2.75) is 44.9 Å². The Bertz CT molecular complexity index is 425. The summed E-state index contributed by atoms with van der Waals surface area (Å²) in [4.78, 5) is 0. The average molecular weight is 295 g/mol. The summed E-state index contributed by atoms with van der Waals surface area (Å²) in [6.07, 6.45) is 2.50. The molecule has 1 aromatic rings. The molecule has 0 amide bonds. The molecule has 2 unspecified atom stereocenters. The van der Waals surface area contributed by atoms with Gasteiger partial charge >= 0.3 is 0 Å². The molecule has 0 aromatic heterocycles. The SMILES string of the molecule is CCOc1ccc(OCC)c(NC2CCCSC2C)c1. The van der Waals surface area contributed by atoms with Crippen molar-refractivity contribution in [3.05, 3.63) is 18.2 Å². The van der Waals surface area contributed by atoms with E-state index in [1.165, 1.54) is 18.6 Å². The van der Waals surface area contributed by atoms with Gasteiger partial charge in [-0.1, -0.05) is 6.92 Å². The first-order valence-electron chi connectivity index (χ1n) is 7.52. The third-order valence-corrected chi connectivity index (χ3v) is 4.89. The van der Waals surface area contributed by atoms with Gasteiger partial charge in [-0.15, -0.1) is 0 Å². The number of ether oxygens (including phenoxy) is 2. The molecule has 1 aromatic carbocycles. The van der Waals surface area contributed by atoms with Gasteiger partial charge in [-0.25, -0.2) is 0 Å². The first-order valence-corrected chi connectivity index (χ1v) is 8.57. The van der Waals surface area contributed by atoms with Crippen LogP contribution in [0.3, 0.4) is 0 Å². The number of hydrogen-bond donors (Lipinski definition) is 1. The number of nitrogens with one attached hydrogen (secondary N) is 1. The highest BCUT2D eigenvalue weighted by molar-refractivity contribution is 8.00. The Hall–Kier alpha value is -1.03. The lowest BCUT2D eigenvalue weighted by atomic mass is 10.1. The molecule has 1 saturated heterocycles. The van der Waals surface area contributed by atoms with Gasteiger partial charge in [0, 0.05) is 17.4 Å². The number of rotatable bonds is 6. The maximum Gasteiger partial charge on any atom is 0.142 e. The molecule has 2 atom stereocenters. The second kappa shape index (κ2) is 7.67. The van der Waals surface area contributed by atoms with E-state index in [-0.39, 0.29) is 0 Å². The van der Waals surface area contributed by atoms with Crippen LogP contribution in [0.15, 0.2) is 18.2 Å². The highest BCUT2D eigenvalue weighted by atomic mass is 32.2. The number of anilines is 1. The van der Waals surface area contributed by atoms with Crippen LogP contribution in [0.4, 0.5) is 5.69 Å². The number of hydrogen-bond acceptors (Lipinski definition) is 4. The normalized spacial score (nSPS) is 22.4. The highest BCUT2D eigenvalue weighted by Gasteiger charge is 2.22. The first kappa shape index (κ1) is 15.4. The van der Waals surface area contributed by atoms with Gasteiger partial charge < -0.3 is 14.8 Å². The van der Waals surface area contributed by atoms with E-state index in [2.05, 4.69) is 18.3 Å². The van der Waals surface area contributed by atoms with Crippen molar-refractivity contribution in [2.75, 3.05) is 24.3 Å². The van der Waals surface area contributed by atoms with Crippen LogP contribution in [-0.2, 0) is 0 Å². The molecule has 1 fully saturated rings. The van der Waals surface area contributed by atoms with Crippen molar-refractivity contribution in [1.29, 1.82) is 0 Å². The van der Waals surface area contributed by atoms with Crippen molar-refractivity contribution in [3.8, 4) is 11.5 Å². The highest BCUT2D eigenvalue weighted by Crippen LogP contribution is 2.34. The van der Waals surface area contributed by atoms with Crippen molar-refractivity contribution in [3.63, 3.8) is 0 Å². The second-order valence-corrected chi connectivity index (χ2v) is 6.48. The van der Waals surface area contributed by atoms with Gasteiger partial charge in [0.05, 0.1) is 18.9 Å². The standard InChI is InChI=1S/C16H25NO2S/c1-4-18-13-8-9-16(19-5-2)15(11-13)17-14-7-6-10-20-12(14)3/h8-9,11-12,14,17H,4-7,10H2,1-3H3. The molecule has 0 saturated carbocycles. The maximum absolute atomic E-state index is 5.72. The van der Waals surface area contributed by atoms with E-state index in [4.69, 9.17) is 9.47 Å². The topological polar surface area (TPSA) is 30.5 Å². The van der Waals surface area contributed by atoms with E-state index >= 15 is 0 Å². The lowest BCUT2D eigenvalue weighted by molar-refractivity contribution is 0.331. The molecule has 1 N–H and O–H groups in total. The number of thioether (sulfide) groups is 1. The molecule has 2 rings (SSSR count). The molecule has 0 bridgehead atoms. The molecule has 4 heteroatoms. The van der Waals surface area contributed by atoms with Crippen LogP contribution in [0.1, 0.15) is 33.6 Å². The predicted octanol–water partition coefficient (Wildman–Crippen LogP) is 4.18. The van der Waals surface area contributed by atoms with Crippen molar-refractivity contribution in [1.82, 2.24) is 0 Å². The molecule has 0 radical (unpaired) electrons. The van der Waals surface area contributed by atoms with E-state index in [9.17, 15) is 0 Å². The molecular weight excluding hydrogens is 270 g/mol. The summed E-state index contributed by atoms with van der Waals surface area (Å²) >= 11 is 2.04. The van der Waals surface area contributed by atoms with Gasteiger partial charge in [0.15, 0.2) is 0 Å². The Balaban J connectivity index is 2.15. The quantitative estimate of drug-likeness (QED) is 0.853. The third kappa shape index (κ3) is 3.98. The summed E-state index contributed by atoms with van der Waals surface area (Å²) in [6, 6.07) is 6.53. The molecule has 20 heavy (non-hydrogen) atoms. The Labute approximate surface area is 126 Å².